The van der Waals surface area contributed by atoms with Crippen molar-refractivity contribution < 1.29 is 9.59 Å². The minimum Gasteiger partial charge on any atom is -0.368 e. The molecular weight excluding hydrogens is 266 g/mol. The van der Waals surface area contributed by atoms with Gasteiger partial charge in [0.2, 0.25) is 11.8 Å². The second-order valence-electron chi connectivity index (χ2n) is 8.69. The van der Waals surface area contributed by atoms with Crippen molar-refractivity contribution in [2.45, 2.75) is 59.4 Å². The topological polar surface area (TPSA) is 75.4 Å². The highest BCUT2D eigenvalue weighted by Crippen LogP contribution is 2.75. The van der Waals surface area contributed by atoms with Crippen LogP contribution in [0.2, 0.25) is 0 Å². The number of piperidine rings is 1. The van der Waals surface area contributed by atoms with E-state index in [1.807, 2.05) is 25.8 Å². The normalized spacial score (nSPS) is 45.1. The smallest absolute Gasteiger partial charge is 0.240 e. The molecule has 0 radical (unpaired) electrons. The highest BCUT2D eigenvalue weighted by molar-refractivity contribution is 5.89. The Hall–Kier alpha value is -1.10. The van der Waals surface area contributed by atoms with Gasteiger partial charge in [-0.25, -0.2) is 5.01 Å². The van der Waals surface area contributed by atoms with Gasteiger partial charge in [0.15, 0.2) is 0 Å². The van der Waals surface area contributed by atoms with E-state index >= 15 is 0 Å². The molecule has 118 valence electrons. The summed E-state index contributed by atoms with van der Waals surface area (Å²) in [7, 11) is 0. The first-order valence-electron chi connectivity index (χ1n) is 7.88. The summed E-state index contributed by atoms with van der Waals surface area (Å²) in [5.41, 5.74) is 7.57. The number of primary amides is 1. The largest absolute Gasteiger partial charge is 0.368 e. The third kappa shape index (κ3) is 1.46. The van der Waals surface area contributed by atoms with E-state index in [9.17, 15) is 9.59 Å². The van der Waals surface area contributed by atoms with Gasteiger partial charge in [0, 0.05) is 17.4 Å². The number of amides is 2. The Kier molecular flexibility index (Phi) is 2.68. The Morgan fingerprint density at radius 2 is 1.90 bits per heavy atom. The van der Waals surface area contributed by atoms with Crippen LogP contribution in [0.25, 0.3) is 0 Å². The highest BCUT2D eigenvalue weighted by Gasteiger charge is 2.80. The zero-order valence-corrected chi connectivity index (χ0v) is 13.7. The van der Waals surface area contributed by atoms with Crippen LogP contribution in [0.5, 0.6) is 0 Å². The molecule has 0 aromatic carbocycles. The molecule has 1 saturated heterocycles. The van der Waals surface area contributed by atoms with Crippen LogP contribution >= 0.6 is 0 Å². The predicted molar refractivity (Wildman–Crippen MR) is 79.8 cm³/mol. The molecule has 2 amide bonds. The van der Waals surface area contributed by atoms with Crippen LogP contribution in [-0.2, 0) is 9.59 Å². The molecule has 2 saturated carbocycles. The SMILES string of the molecule is CC(C)(C)C(=O)NN1C[C@@]2(C)[C@H]3CC[C@]2(C)[C@@]1(C(N)=O)C3. The van der Waals surface area contributed by atoms with Gasteiger partial charge in [-0.3, -0.25) is 15.0 Å². The van der Waals surface area contributed by atoms with Gasteiger partial charge in [0.1, 0.15) is 5.54 Å². The number of rotatable bonds is 2. The summed E-state index contributed by atoms with van der Waals surface area (Å²) in [5, 5.41) is 1.87. The van der Waals surface area contributed by atoms with Gasteiger partial charge in [-0.2, -0.15) is 0 Å². The monoisotopic (exact) mass is 293 g/mol. The molecule has 4 bridgehead atoms. The lowest BCUT2D eigenvalue weighted by Gasteiger charge is -2.46. The molecule has 1 heterocycles. The molecule has 0 spiro atoms. The maximum absolute atomic E-state index is 12.4. The first-order chi connectivity index (χ1) is 9.49. The summed E-state index contributed by atoms with van der Waals surface area (Å²) in [6, 6.07) is 0. The molecule has 0 unspecified atom stereocenters. The number of carbonyl (C=O) groups excluding carboxylic acids is 2. The summed E-state index contributed by atoms with van der Waals surface area (Å²) in [6.45, 7) is 10.8. The van der Waals surface area contributed by atoms with Crippen molar-refractivity contribution in [3.05, 3.63) is 0 Å². The number of hydrazine groups is 1. The van der Waals surface area contributed by atoms with Crippen LogP contribution in [0.1, 0.15) is 53.9 Å². The quantitative estimate of drug-likeness (QED) is 0.808. The standard InChI is InChI=1S/C16H27N3O2/c1-13(2,3)12(21)18-19-9-14(4)10-6-7-15(14,5)16(19,8-10)11(17)20/h10H,6-9H2,1-5H3,(H2,17,20)(H,18,21)/t10-,14-,15-,16-/m0/s1. The molecular formula is C16H27N3O2. The Bertz CT molecular complexity index is 526. The molecule has 3 aliphatic rings. The first-order valence-corrected chi connectivity index (χ1v) is 7.88. The fraction of sp³-hybridized carbons (Fsp3) is 0.875. The van der Waals surface area contributed by atoms with Gasteiger partial charge in [-0.05, 0) is 30.6 Å². The van der Waals surface area contributed by atoms with E-state index in [0.29, 0.717) is 5.92 Å². The van der Waals surface area contributed by atoms with E-state index in [-0.39, 0.29) is 22.6 Å². The number of hydrogen-bond donors (Lipinski definition) is 2. The lowest BCUT2D eigenvalue weighted by molar-refractivity contribution is -0.147. The lowest BCUT2D eigenvalue weighted by Crippen LogP contribution is -2.66. The van der Waals surface area contributed by atoms with E-state index < -0.39 is 11.0 Å². The Labute approximate surface area is 126 Å². The van der Waals surface area contributed by atoms with E-state index in [1.54, 1.807) is 0 Å². The van der Waals surface area contributed by atoms with Crippen LogP contribution < -0.4 is 11.2 Å². The molecule has 4 atom stereocenters. The second-order valence-corrected chi connectivity index (χ2v) is 8.69. The maximum atomic E-state index is 12.4. The minimum atomic E-state index is -0.717. The fourth-order valence-electron chi connectivity index (χ4n) is 5.21. The van der Waals surface area contributed by atoms with Crippen molar-refractivity contribution in [2.75, 3.05) is 6.54 Å². The third-order valence-electron chi connectivity index (χ3n) is 6.88. The van der Waals surface area contributed by atoms with Crippen molar-refractivity contribution in [1.82, 2.24) is 10.4 Å². The number of nitrogens with zero attached hydrogens (tertiary/aromatic N) is 1. The second kappa shape index (κ2) is 3.80. The number of hydrogen-bond acceptors (Lipinski definition) is 3. The molecule has 3 fully saturated rings. The molecule has 3 rings (SSSR count). The summed E-state index contributed by atoms with van der Waals surface area (Å²) < 4.78 is 0. The van der Waals surface area contributed by atoms with Crippen LogP contribution in [0, 0.1) is 22.2 Å². The zero-order valence-electron chi connectivity index (χ0n) is 13.7. The Balaban J connectivity index is 1.99. The molecule has 0 aromatic rings. The maximum Gasteiger partial charge on any atom is 0.240 e. The average molecular weight is 293 g/mol. The van der Waals surface area contributed by atoms with Crippen molar-refractivity contribution >= 4 is 11.8 Å². The summed E-state index contributed by atoms with van der Waals surface area (Å²) >= 11 is 0. The number of nitrogens with two attached hydrogens (primary N) is 1. The van der Waals surface area contributed by atoms with Crippen LogP contribution in [-0.4, -0.2) is 28.9 Å². The number of nitrogens with one attached hydrogen (secondary N) is 1. The van der Waals surface area contributed by atoms with Crippen LogP contribution in [0.3, 0.4) is 0 Å². The summed E-state index contributed by atoms with van der Waals surface area (Å²) in [5.74, 6) is 0.196. The van der Waals surface area contributed by atoms with Gasteiger partial charge in [0.05, 0.1) is 0 Å². The van der Waals surface area contributed by atoms with E-state index in [4.69, 9.17) is 5.73 Å². The molecule has 5 nitrogen and oxygen atoms in total. The van der Waals surface area contributed by atoms with Gasteiger partial charge >= 0.3 is 0 Å². The Morgan fingerprint density at radius 1 is 1.29 bits per heavy atom. The van der Waals surface area contributed by atoms with Crippen LogP contribution in [0.15, 0.2) is 0 Å². The molecule has 3 N–H and O–H groups in total. The molecule has 21 heavy (non-hydrogen) atoms. The van der Waals surface area contributed by atoms with Gasteiger partial charge in [-0.1, -0.05) is 34.6 Å². The highest BCUT2D eigenvalue weighted by atomic mass is 16.2. The van der Waals surface area contributed by atoms with E-state index in [2.05, 4.69) is 19.3 Å². The minimum absolute atomic E-state index is 0.0567. The molecule has 5 heteroatoms. The third-order valence-corrected chi connectivity index (χ3v) is 6.88. The van der Waals surface area contributed by atoms with Crippen molar-refractivity contribution in [3.63, 3.8) is 0 Å². The van der Waals surface area contributed by atoms with Crippen LogP contribution in [0.4, 0.5) is 0 Å². The fourth-order valence-corrected chi connectivity index (χ4v) is 5.21. The molecule has 1 aliphatic heterocycles. The van der Waals surface area contributed by atoms with Crippen molar-refractivity contribution in [3.8, 4) is 0 Å². The van der Waals surface area contributed by atoms with Gasteiger partial charge in [0.25, 0.3) is 0 Å². The zero-order chi connectivity index (χ0) is 15.8. The number of carbonyl (C=O) groups is 2. The summed E-state index contributed by atoms with van der Waals surface area (Å²) in [4.78, 5) is 24.8. The van der Waals surface area contributed by atoms with E-state index in [1.165, 1.54) is 6.42 Å². The lowest BCUT2D eigenvalue weighted by atomic mass is 9.65. The van der Waals surface area contributed by atoms with Gasteiger partial charge < -0.3 is 5.73 Å². The first kappa shape index (κ1) is 14.8. The van der Waals surface area contributed by atoms with Gasteiger partial charge in [-0.15, -0.1) is 0 Å². The van der Waals surface area contributed by atoms with E-state index in [0.717, 1.165) is 19.4 Å². The van der Waals surface area contributed by atoms with Crippen molar-refractivity contribution in [2.24, 2.45) is 27.9 Å². The summed E-state index contributed by atoms with van der Waals surface area (Å²) in [6.07, 6.45) is 2.96. The molecule has 0 aromatic heterocycles. The Morgan fingerprint density at radius 3 is 2.38 bits per heavy atom. The average Bonchev–Trinajstić information content (AvgIpc) is 2.78. The van der Waals surface area contributed by atoms with Crippen molar-refractivity contribution in [1.29, 1.82) is 0 Å². The predicted octanol–water partition coefficient (Wildman–Crippen LogP) is 1.43. The molecule has 2 aliphatic carbocycles.